The first kappa shape index (κ1) is 12.2. The second kappa shape index (κ2) is 4.34. The lowest BCUT2D eigenvalue weighted by Gasteiger charge is -2.42. The van der Waals surface area contributed by atoms with Gasteiger partial charge in [0.25, 0.3) is 0 Å². The van der Waals surface area contributed by atoms with Crippen molar-refractivity contribution < 1.29 is 0 Å². The highest BCUT2D eigenvalue weighted by molar-refractivity contribution is 5.40. The van der Waals surface area contributed by atoms with E-state index in [4.69, 9.17) is 5.73 Å². The van der Waals surface area contributed by atoms with Gasteiger partial charge in [-0.25, -0.2) is 0 Å². The fourth-order valence-corrected chi connectivity index (χ4v) is 3.47. The molecular weight excluding hydrogens is 222 g/mol. The van der Waals surface area contributed by atoms with Crippen LogP contribution in [0.25, 0.3) is 0 Å². The number of hydrogen-bond donors (Lipinski definition) is 1. The van der Waals surface area contributed by atoms with E-state index in [1.807, 2.05) is 0 Å². The van der Waals surface area contributed by atoms with E-state index in [0.717, 1.165) is 32.6 Å². The van der Waals surface area contributed by atoms with Gasteiger partial charge in [-0.1, -0.05) is 24.3 Å². The average molecular weight is 245 g/mol. The summed E-state index contributed by atoms with van der Waals surface area (Å²) in [5.41, 5.74) is 9.22. The minimum Gasteiger partial charge on any atom is -0.320 e. The van der Waals surface area contributed by atoms with Crippen LogP contribution in [0.1, 0.15) is 18.1 Å². The Kier molecular flexibility index (Phi) is 2.93. The number of hydrogen-bond acceptors (Lipinski definition) is 3. The molecule has 2 N–H and O–H groups in total. The summed E-state index contributed by atoms with van der Waals surface area (Å²) in [6.07, 6.45) is 1.10. The van der Waals surface area contributed by atoms with Crippen molar-refractivity contribution in [2.45, 2.75) is 24.9 Å². The van der Waals surface area contributed by atoms with Crippen molar-refractivity contribution in [3.05, 3.63) is 35.4 Å². The second-order valence-corrected chi connectivity index (χ2v) is 6.00. The molecule has 1 aromatic rings. The Hall–Kier alpha value is -0.900. The van der Waals surface area contributed by atoms with Gasteiger partial charge >= 0.3 is 0 Å². The molecule has 1 heterocycles. The number of nitrogens with two attached hydrogens (primary N) is 1. The quantitative estimate of drug-likeness (QED) is 0.802. The molecule has 2 unspecified atom stereocenters. The topological polar surface area (TPSA) is 32.5 Å². The van der Waals surface area contributed by atoms with Crippen LogP contribution in [0.15, 0.2) is 24.3 Å². The van der Waals surface area contributed by atoms with E-state index in [1.54, 1.807) is 0 Å². The molecule has 3 rings (SSSR count). The summed E-state index contributed by atoms with van der Waals surface area (Å²) in [6, 6.07) is 9.13. The predicted molar refractivity (Wildman–Crippen MR) is 74.5 cm³/mol. The third-order valence-corrected chi connectivity index (χ3v) is 4.68. The molecule has 0 radical (unpaired) electrons. The number of piperazine rings is 1. The van der Waals surface area contributed by atoms with Crippen molar-refractivity contribution in [1.29, 1.82) is 0 Å². The number of nitrogens with zero attached hydrogens (tertiary/aromatic N) is 2. The van der Waals surface area contributed by atoms with Gasteiger partial charge in [0.05, 0.1) is 5.54 Å². The zero-order valence-electron chi connectivity index (χ0n) is 11.4. The van der Waals surface area contributed by atoms with Crippen LogP contribution in [-0.2, 0) is 12.0 Å². The first-order valence-electron chi connectivity index (χ1n) is 6.89. The number of benzene rings is 1. The van der Waals surface area contributed by atoms with E-state index in [9.17, 15) is 0 Å². The Morgan fingerprint density at radius 2 is 1.83 bits per heavy atom. The second-order valence-electron chi connectivity index (χ2n) is 6.00. The van der Waals surface area contributed by atoms with Crippen molar-refractivity contribution in [3.63, 3.8) is 0 Å². The highest BCUT2D eigenvalue weighted by Crippen LogP contribution is 2.37. The summed E-state index contributed by atoms with van der Waals surface area (Å²) in [6.45, 7) is 6.79. The molecule has 2 atom stereocenters. The van der Waals surface area contributed by atoms with Crippen LogP contribution in [0, 0.1) is 0 Å². The standard InChI is InChI=1S/C15H23N3/c1-15(16)13-6-4-3-5-12(13)11-14(15)18-9-7-17(2)8-10-18/h3-6,14H,7-11,16H2,1-2H3. The van der Waals surface area contributed by atoms with Gasteiger partial charge < -0.3 is 10.6 Å². The molecule has 1 aliphatic heterocycles. The van der Waals surface area contributed by atoms with Crippen molar-refractivity contribution in [3.8, 4) is 0 Å². The van der Waals surface area contributed by atoms with E-state index in [2.05, 4.69) is 48.0 Å². The highest BCUT2D eigenvalue weighted by Gasteiger charge is 2.43. The average Bonchev–Trinajstić information content (AvgIpc) is 2.63. The number of rotatable bonds is 1. The SMILES string of the molecule is CN1CCN(C2Cc3ccccc3C2(C)N)CC1. The molecule has 2 aliphatic rings. The summed E-state index contributed by atoms with van der Waals surface area (Å²) in [5, 5.41) is 0. The van der Waals surface area contributed by atoms with Crippen molar-refractivity contribution in [2.24, 2.45) is 5.73 Å². The third-order valence-electron chi connectivity index (χ3n) is 4.68. The molecule has 0 amide bonds. The van der Waals surface area contributed by atoms with Gasteiger partial charge in [-0.05, 0) is 31.5 Å². The molecule has 0 saturated carbocycles. The van der Waals surface area contributed by atoms with E-state index >= 15 is 0 Å². The summed E-state index contributed by atoms with van der Waals surface area (Å²) >= 11 is 0. The van der Waals surface area contributed by atoms with Gasteiger partial charge in [-0.3, -0.25) is 4.90 Å². The molecule has 0 aromatic heterocycles. The minimum absolute atomic E-state index is 0.202. The molecule has 1 aromatic carbocycles. The fraction of sp³-hybridized carbons (Fsp3) is 0.600. The highest BCUT2D eigenvalue weighted by atomic mass is 15.3. The van der Waals surface area contributed by atoms with E-state index in [1.165, 1.54) is 11.1 Å². The summed E-state index contributed by atoms with van der Waals surface area (Å²) in [4.78, 5) is 4.98. The third kappa shape index (κ3) is 1.87. The smallest absolute Gasteiger partial charge is 0.0544 e. The molecule has 1 fully saturated rings. The summed E-state index contributed by atoms with van der Waals surface area (Å²) < 4.78 is 0. The molecular formula is C15H23N3. The van der Waals surface area contributed by atoms with Crippen LogP contribution in [0.4, 0.5) is 0 Å². The van der Waals surface area contributed by atoms with Crippen molar-refractivity contribution in [1.82, 2.24) is 9.80 Å². The zero-order chi connectivity index (χ0) is 12.8. The molecule has 3 nitrogen and oxygen atoms in total. The summed E-state index contributed by atoms with van der Waals surface area (Å²) in [7, 11) is 2.20. The Labute approximate surface area is 110 Å². The number of likely N-dealkylation sites (N-methyl/N-ethyl adjacent to an activating group) is 1. The van der Waals surface area contributed by atoms with Gasteiger partial charge in [0, 0.05) is 32.2 Å². The lowest BCUT2D eigenvalue weighted by Crippen LogP contribution is -2.57. The fourth-order valence-electron chi connectivity index (χ4n) is 3.47. The zero-order valence-corrected chi connectivity index (χ0v) is 11.4. The molecule has 18 heavy (non-hydrogen) atoms. The van der Waals surface area contributed by atoms with E-state index in [-0.39, 0.29) is 5.54 Å². The van der Waals surface area contributed by atoms with Crippen molar-refractivity contribution in [2.75, 3.05) is 33.2 Å². The van der Waals surface area contributed by atoms with Crippen LogP contribution in [-0.4, -0.2) is 49.1 Å². The maximum Gasteiger partial charge on any atom is 0.0544 e. The van der Waals surface area contributed by atoms with Crippen LogP contribution >= 0.6 is 0 Å². The normalized spacial score (nSPS) is 33.6. The van der Waals surface area contributed by atoms with Crippen LogP contribution in [0.2, 0.25) is 0 Å². The van der Waals surface area contributed by atoms with Gasteiger partial charge in [0.15, 0.2) is 0 Å². The maximum absolute atomic E-state index is 6.64. The van der Waals surface area contributed by atoms with Gasteiger partial charge in [-0.2, -0.15) is 0 Å². The van der Waals surface area contributed by atoms with Crippen LogP contribution in [0.5, 0.6) is 0 Å². The van der Waals surface area contributed by atoms with Gasteiger partial charge in [0.2, 0.25) is 0 Å². The molecule has 0 spiro atoms. The first-order valence-corrected chi connectivity index (χ1v) is 6.89. The van der Waals surface area contributed by atoms with Crippen molar-refractivity contribution >= 4 is 0 Å². The van der Waals surface area contributed by atoms with Gasteiger partial charge in [0.1, 0.15) is 0 Å². The molecule has 3 heteroatoms. The Bertz CT molecular complexity index is 433. The lowest BCUT2D eigenvalue weighted by molar-refractivity contribution is 0.0801. The van der Waals surface area contributed by atoms with E-state index < -0.39 is 0 Å². The molecule has 1 saturated heterocycles. The first-order chi connectivity index (χ1) is 8.59. The largest absolute Gasteiger partial charge is 0.320 e. The monoisotopic (exact) mass is 245 g/mol. The molecule has 98 valence electrons. The maximum atomic E-state index is 6.64. The van der Waals surface area contributed by atoms with Crippen LogP contribution < -0.4 is 5.73 Å². The Balaban J connectivity index is 1.84. The van der Waals surface area contributed by atoms with E-state index in [0.29, 0.717) is 6.04 Å². The molecule has 0 bridgehead atoms. The lowest BCUT2D eigenvalue weighted by atomic mass is 9.90. The van der Waals surface area contributed by atoms with Gasteiger partial charge in [-0.15, -0.1) is 0 Å². The minimum atomic E-state index is -0.202. The molecule has 1 aliphatic carbocycles. The van der Waals surface area contributed by atoms with Crippen LogP contribution in [0.3, 0.4) is 0 Å². The number of fused-ring (bicyclic) bond motifs is 1. The predicted octanol–water partition coefficient (Wildman–Crippen LogP) is 1.03. The Morgan fingerprint density at radius 1 is 1.17 bits per heavy atom. The Morgan fingerprint density at radius 3 is 2.50 bits per heavy atom. The summed E-state index contributed by atoms with van der Waals surface area (Å²) in [5.74, 6) is 0.